The molecule has 0 atom stereocenters. The molecule has 0 amide bonds. The Balaban J connectivity index is 1.39. The van der Waals surface area contributed by atoms with Crippen molar-refractivity contribution in [1.29, 1.82) is 0 Å². The zero-order valence-electron chi connectivity index (χ0n) is 17.5. The van der Waals surface area contributed by atoms with E-state index < -0.39 is 10.0 Å². The second-order valence-electron chi connectivity index (χ2n) is 6.97. The van der Waals surface area contributed by atoms with Crippen LogP contribution in [-0.4, -0.2) is 25.7 Å². The first-order valence-electron chi connectivity index (χ1n) is 9.72. The number of rotatable bonds is 8. The highest BCUT2D eigenvalue weighted by atomic mass is 32.2. The Kier molecular flexibility index (Phi) is 6.09. The molecule has 0 spiro atoms. The molecule has 4 rings (SSSR count). The lowest BCUT2D eigenvalue weighted by molar-refractivity contribution is 0.242. The zero-order valence-corrected chi connectivity index (χ0v) is 18.3. The first-order valence-corrected chi connectivity index (χ1v) is 11.2. The van der Waals surface area contributed by atoms with Gasteiger partial charge in [0.1, 0.15) is 11.5 Å². The molecule has 4 aromatic rings. The molecule has 1 N–H and O–H groups in total. The van der Waals surface area contributed by atoms with Crippen LogP contribution in [0.1, 0.15) is 11.5 Å². The third-order valence-electron chi connectivity index (χ3n) is 4.62. The van der Waals surface area contributed by atoms with Crippen molar-refractivity contribution in [2.75, 3.05) is 11.8 Å². The van der Waals surface area contributed by atoms with E-state index in [0.29, 0.717) is 28.7 Å². The van der Waals surface area contributed by atoms with Gasteiger partial charge in [-0.1, -0.05) is 22.9 Å². The molecule has 0 radical (unpaired) electrons. The molecule has 0 aliphatic heterocycles. The minimum atomic E-state index is -3.67. The van der Waals surface area contributed by atoms with Crippen molar-refractivity contribution in [2.45, 2.75) is 18.4 Å². The van der Waals surface area contributed by atoms with Crippen LogP contribution in [0.5, 0.6) is 11.5 Å². The van der Waals surface area contributed by atoms with E-state index in [9.17, 15) is 8.42 Å². The summed E-state index contributed by atoms with van der Waals surface area (Å²) < 4.78 is 43.6. The van der Waals surface area contributed by atoms with Gasteiger partial charge in [-0.2, -0.15) is 4.98 Å². The molecule has 3 aromatic carbocycles. The molecular weight excluding hydrogens is 430 g/mol. The summed E-state index contributed by atoms with van der Waals surface area (Å²) in [5, 5.41) is 3.96. The average Bonchev–Trinajstić information content (AvgIpc) is 3.28. The van der Waals surface area contributed by atoms with Crippen molar-refractivity contribution in [3.63, 3.8) is 0 Å². The van der Waals surface area contributed by atoms with Crippen molar-refractivity contribution in [2.24, 2.45) is 0 Å². The molecule has 9 heteroatoms. The van der Waals surface area contributed by atoms with Crippen LogP contribution in [0.25, 0.3) is 11.4 Å². The van der Waals surface area contributed by atoms with Crippen LogP contribution >= 0.6 is 0 Å². The Hall–Kier alpha value is -3.85. The first-order chi connectivity index (χ1) is 15.4. The maximum absolute atomic E-state index is 12.5. The molecule has 8 nitrogen and oxygen atoms in total. The van der Waals surface area contributed by atoms with Crippen molar-refractivity contribution in [3.05, 3.63) is 84.3 Å². The monoisotopic (exact) mass is 451 g/mol. The number of anilines is 1. The third kappa shape index (κ3) is 5.06. The van der Waals surface area contributed by atoms with Gasteiger partial charge in [0, 0.05) is 11.3 Å². The Morgan fingerprint density at radius 3 is 2.22 bits per heavy atom. The Morgan fingerprint density at radius 2 is 1.56 bits per heavy atom. The number of hydrogen-bond donors (Lipinski definition) is 1. The number of aromatic nitrogens is 2. The molecule has 164 valence electrons. The van der Waals surface area contributed by atoms with Crippen LogP contribution in [-0.2, 0) is 16.6 Å². The fourth-order valence-electron chi connectivity index (χ4n) is 2.87. The van der Waals surface area contributed by atoms with Crippen molar-refractivity contribution >= 4 is 15.7 Å². The molecule has 0 aliphatic rings. The summed E-state index contributed by atoms with van der Waals surface area (Å²) in [4.78, 5) is 4.52. The van der Waals surface area contributed by atoms with Gasteiger partial charge in [0.25, 0.3) is 15.9 Å². The minimum Gasteiger partial charge on any atom is -0.497 e. The molecule has 0 aliphatic carbocycles. The summed E-state index contributed by atoms with van der Waals surface area (Å²) in [6.07, 6.45) is 0. The van der Waals surface area contributed by atoms with E-state index in [1.807, 2.05) is 6.92 Å². The Morgan fingerprint density at radius 1 is 0.906 bits per heavy atom. The SMILES string of the molecule is COc1ccc(OCc2nc(-c3ccc(NS(=O)(=O)c4ccc(C)cc4)cc3)no2)cc1. The highest BCUT2D eigenvalue weighted by Gasteiger charge is 2.15. The summed E-state index contributed by atoms with van der Waals surface area (Å²) >= 11 is 0. The van der Waals surface area contributed by atoms with Gasteiger partial charge in [0.05, 0.1) is 12.0 Å². The predicted molar refractivity (Wildman–Crippen MR) is 119 cm³/mol. The normalized spacial score (nSPS) is 11.2. The second kappa shape index (κ2) is 9.11. The molecule has 0 saturated heterocycles. The largest absolute Gasteiger partial charge is 0.497 e. The summed E-state index contributed by atoms with van der Waals surface area (Å²) in [6.45, 7) is 2.02. The summed E-state index contributed by atoms with van der Waals surface area (Å²) in [5.41, 5.74) is 2.10. The van der Waals surface area contributed by atoms with Gasteiger partial charge < -0.3 is 14.0 Å². The molecule has 0 bridgehead atoms. The van der Waals surface area contributed by atoms with Gasteiger partial charge in [-0.15, -0.1) is 0 Å². The van der Waals surface area contributed by atoms with E-state index >= 15 is 0 Å². The van der Waals surface area contributed by atoms with Gasteiger partial charge >= 0.3 is 0 Å². The second-order valence-corrected chi connectivity index (χ2v) is 8.65. The highest BCUT2D eigenvalue weighted by Crippen LogP contribution is 2.22. The van der Waals surface area contributed by atoms with Crippen LogP contribution in [0.4, 0.5) is 5.69 Å². The number of aryl methyl sites for hydroxylation is 1. The number of sulfonamides is 1. The van der Waals surface area contributed by atoms with E-state index in [2.05, 4.69) is 14.9 Å². The first kappa shape index (κ1) is 21.4. The van der Waals surface area contributed by atoms with E-state index in [-0.39, 0.29) is 11.5 Å². The van der Waals surface area contributed by atoms with Crippen LogP contribution < -0.4 is 14.2 Å². The summed E-state index contributed by atoms with van der Waals surface area (Å²) in [7, 11) is -2.07. The lowest BCUT2D eigenvalue weighted by atomic mass is 10.2. The van der Waals surface area contributed by atoms with Crippen LogP contribution in [0.15, 0.2) is 82.2 Å². The van der Waals surface area contributed by atoms with E-state index in [4.69, 9.17) is 14.0 Å². The quantitative estimate of drug-likeness (QED) is 0.422. The van der Waals surface area contributed by atoms with Crippen LogP contribution in [0, 0.1) is 6.92 Å². The van der Waals surface area contributed by atoms with E-state index in [1.54, 1.807) is 79.9 Å². The molecule has 1 aromatic heterocycles. The molecule has 0 saturated carbocycles. The van der Waals surface area contributed by atoms with Crippen molar-refractivity contribution in [3.8, 4) is 22.9 Å². The van der Waals surface area contributed by atoms with Gasteiger partial charge in [-0.3, -0.25) is 4.72 Å². The Labute approximate surface area is 185 Å². The smallest absolute Gasteiger partial charge is 0.264 e. The molecule has 32 heavy (non-hydrogen) atoms. The minimum absolute atomic E-state index is 0.119. The Bertz CT molecular complexity index is 1280. The number of nitrogens with one attached hydrogen (secondary N) is 1. The lowest BCUT2D eigenvalue weighted by Gasteiger charge is -2.08. The highest BCUT2D eigenvalue weighted by molar-refractivity contribution is 7.92. The molecular formula is C23H21N3O5S. The third-order valence-corrected chi connectivity index (χ3v) is 6.01. The van der Waals surface area contributed by atoms with Crippen molar-refractivity contribution < 1.29 is 22.4 Å². The maximum Gasteiger partial charge on any atom is 0.264 e. The predicted octanol–water partition coefficient (Wildman–Crippen LogP) is 4.43. The molecule has 1 heterocycles. The number of hydrogen-bond acceptors (Lipinski definition) is 7. The summed E-state index contributed by atoms with van der Waals surface area (Å²) in [6, 6.07) is 20.5. The zero-order chi connectivity index (χ0) is 22.6. The van der Waals surface area contributed by atoms with E-state index in [1.165, 1.54) is 0 Å². The topological polar surface area (TPSA) is 104 Å². The molecule has 0 unspecified atom stereocenters. The number of methoxy groups -OCH3 is 1. The summed E-state index contributed by atoms with van der Waals surface area (Å²) in [5.74, 6) is 2.09. The number of ether oxygens (including phenoxy) is 2. The van der Waals surface area contributed by atoms with Crippen LogP contribution in [0.3, 0.4) is 0 Å². The van der Waals surface area contributed by atoms with Crippen LogP contribution in [0.2, 0.25) is 0 Å². The number of benzene rings is 3. The number of nitrogens with zero attached hydrogens (tertiary/aromatic N) is 2. The van der Waals surface area contributed by atoms with E-state index in [0.717, 1.165) is 11.3 Å². The van der Waals surface area contributed by atoms with Gasteiger partial charge in [-0.25, -0.2) is 8.42 Å². The van der Waals surface area contributed by atoms with Gasteiger partial charge in [0.2, 0.25) is 5.82 Å². The standard InChI is InChI=1S/C23H21N3O5S/c1-16-3-13-21(14-4-16)32(27,28)26-18-7-5-17(6-8-18)23-24-22(31-25-23)15-30-20-11-9-19(29-2)10-12-20/h3-14,26H,15H2,1-2H3. The maximum atomic E-state index is 12.5. The lowest BCUT2D eigenvalue weighted by Crippen LogP contribution is -2.12. The van der Waals surface area contributed by atoms with Gasteiger partial charge in [0.15, 0.2) is 6.61 Å². The fraction of sp³-hybridized carbons (Fsp3) is 0.130. The average molecular weight is 452 g/mol. The van der Waals surface area contributed by atoms with Gasteiger partial charge in [-0.05, 0) is 67.6 Å². The fourth-order valence-corrected chi connectivity index (χ4v) is 3.93. The molecule has 0 fully saturated rings. The van der Waals surface area contributed by atoms with Crippen molar-refractivity contribution in [1.82, 2.24) is 10.1 Å².